The van der Waals surface area contributed by atoms with E-state index in [4.69, 9.17) is 0 Å². The number of H-pyrrole nitrogens is 1. The van der Waals surface area contributed by atoms with Crippen molar-refractivity contribution in [3.63, 3.8) is 0 Å². The van der Waals surface area contributed by atoms with E-state index < -0.39 is 0 Å². The molecule has 0 saturated carbocycles. The summed E-state index contributed by atoms with van der Waals surface area (Å²) in [6.45, 7) is 1.74. The maximum Gasteiger partial charge on any atom is 0.178 e. The van der Waals surface area contributed by atoms with Crippen LogP contribution in [-0.2, 0) is 0 Å². The quantitative estimate of drug-likeness (QED) is 0.694. The summed E-state index contributed by atoms with van der Waals surface area (Å²) in [6.07, 6.45) is 1.68. The molecule has 4 heteroatoms. The second-order valence-electron chi connectivity index (χ2n) is 3.92. The monoisotopic (exact) mass is 227 g/mol. The average molecular weight is 227 g/mol. The third-order valence-corrected chi connectivity index (χ3v) is 2.70. The van der Waals surface area contributed by atoms with Crippen molar-refractivity contribution in [2.45, 2.75) is 6.92 Å². The van der Waals surface area contributed by atoms with Crippen molar-refractivity contribution in [3.8, 4) is 11.4 Å². The first kappa shape index (κ1) is 9.96. The second kappa shape index (κ2) is 3.66. The fourth-order valence-corrected chi connectivity index (χ4v) is 1.72. The number of rotatable bonds is 1. The number of aryl methyl sites for hydroxylation is 1. The van der Waals surface area contributed by atoms with Gasteiger partial charge in [-0.2, -0.15) is 0 Å². The first-order valence-corrected chi connectivity index (χ1v) is 5.31. The Kier molecular flexibility index (Phi) is 2.14. The average Bonchev–Trinajstić information content (AvgIpc) is 2.76. The Morgan fingerprint density at radius 2 is 2.12 bits per heavy atom. The number of hydrogen-bond donors (Lipinski definition) is 1. The van der Waals surface area contributed by atoms with Crippen LogP contribution in [0.3, 0.4) is 0 Å². The predicted octanol–water partition coefficient (Wildman–Crippen LogP) is 3.07. The third-order valence-electron chi connectivity index (χ3n) is 2.70. The zero-order valence-corrected chi connectivity index (χ0v) is 9.24. The zero-order valence-electron chi connectivity index (χ0n) is 9.24. The zero-order chi connectivity index (χ0) is 11.8. The summed E-state index contributed by atoms with van der Waals surface area (Å²) in [6, 6.07) is 8.79. The van der Waals surface area contributed by atoms with Gasteiger partial charge in [-0.25, -0.2) is 14.4 Å². The van der Waals surface area contributed by atoms with Gasteiger partial charge in [0.25, 0.3) is 0 Å². The van der Waals surface area contributed by atoms with Crippen LogP contribution < -0.4 is 0 Å². The van der Waals surface area contributed by atoms with E-state index >= 15 is 0 Å². The highest BCUT2D eigenvalue weighted by molar-refractivity contribution is 5.75. The van der Waals surface area contributed by atoms with Crippen LogP contribution >= 0.6 is 0 Å². The summed E-state index contributed by atoms with van der Waals surface area (Å²) in [5, 5.41) is 0. The van der Waals surface area contributed by atoms with Gasteiger partial charge in [0.05, 0.1) is 5.52 Å². The van der Waals surface area contributed by atoms with E-state index in [9.17, 15) is 4.39 Å². The van der Waals surface area contributed by atoms with Crippen LogP contribution in [0.5, 0.6) is 0 Å². The van der Waals surface area contributed by atoms with E-state index in [0.717, 1.165) is 11.1 Å². The molecular formula is C13H10FN3. The molecule has 3 rings (SSSR count). The van der Waals surface area contributed by atoms with E-state index in [1.165, 1.54) is 6.07 Å². The molecule has 0 unspecified atom stereocenters. The fourth-order valence-electron chi connectivity index (χ4n) is 1.72. The summed E-state index contributed by atoms with van der Waals surface area (Å²) in [4.78, 5) is 11.6. The van der Waals surface area contributed by atoms with Crippen LogP contribution in [0, 0.1) is 12.7 Å². The van der Waals surface area contributed by atoms with Crippen LogP contribution in [0.25, 0.3) is 22.6 Å². The Morgan fingerprint density at radius 1 is 1.24 bits per heavy atom. The van der Waals surface area contributed by atoms with E-state index in [1.54, 1.807) is 19.2 Å². The maximum absolute atomic E-state index is 13.5. The first-order chi connectivity index (χ1) is 8.24. The van der Waals surface area contributed by atoms with Gasteiger partial charge in [0.15, 0.2) is 5.65 Å². The minimum absolute atomic E-state index is 0.226. The molecule has 3 aromatic rings. The first-order valence-electron chi connectivity index (χ1n) is 5.31. The Morgan fingerprint density at radius 3 is 2.88 bits per heavy atom. The number of hydrogen-bond acceptors (Lipinski definition) is 2. The number of aromatic nitrogens is 3. The molecule has 2 heterocycles. The van der Waals surface area contributed by atoms with Crippen molar-refractivity contribution < 1.29 is 4.39 Å². The smallest absolute Gasteiger partial charge is 0.178 e. The van der Waals surface area contributed by atoms with Crippen molar-refractivity contribution in [3.05, 3.63) is 47.9 Å². The van der Waals surface area contributed by atoms with Crippen molar-refractivity contribution >= 4 is 11.2 Å². The standard InChI is InChI=1S/C13H10FN3/c1-8-4-5-9(7-10(8)14)12-16-11-3-2-6-15-13(11)17-12/h2-7H,1H3,(H,15,16,17). The third kappa shape index (κ3) is 1.67. The van der Waals surface area contributed by atoms with Gasteiger partial charge in [0.2, 0.25) is 0 Å². The number of fused-ring (bicyclic) bond motifs is 1. The Labute approximate surface area is 97.3 Å². The number of pyridine rings is 1. The Hall–Kier alpha value is -2.23. The molecule has 17 heavy (non-hydrogen) atoms. The number of nitrogens with zero attached hydrogens (tertiary/aromatic N) is 2. The van der Waals surface area contributed by atoms with Crippen LogP contribution in [0.4, 0.5) is 4.39 Å². The van der Waals surface area contributed by atoms with Gasteiger partial charge in [0, 0.05) is 11.8 Å². The minimum Gasteiger partial charge on any atom is -0.337 e. The Bertz CT molecular complexity index is 655. The lowest BCUT2D eigenvalue weighted by Gasteiger charge is -1.99. The lowest BCUT2D eigenvalue weighted by Crippen LogP contribution is -1.85. The molecule has 0 aliphatic heterocycles. The number of halogens is 1. The highest BCUT2D eigenvalue weighted by atomic mass is 19.1. The summed E-state index contributed by atoms with van der Waals surface area (Å²) < 4.78 is 13.5. The van der Waals surface area contributed by atoms with E-state index in [0.29, 0.717) is 17.0 Å². The molecule has 0 aliphatic carbocycles. The van der Waals surface area contributed by atoms with Crippen LogP contribution in [0.2, 0.25) is 0 Å². The van der Waals surface area contributed by atoms with Crippen LogP contribution in [-0.4, -0.2) is 15.0 Å². The van der Waals surface area contributed by atoms with Crippen molar-refractivity contribution in [1.82, 2.24) is 15.0 Å². The van der Waals surface area contributed by atoms with Crippen molar-refractivity contribution in [1.29, 1.82) is 0 Å². The van der Waals surface area contributed by atoms with Gasteiger partial charge in [0.1, 0.15) is 11.6 Å². The van der Waals surface area contributed by atoms with E-state index in [2.05, 4.69) is 15.0 Å². The normalized spacial score (nSPS) is 10.9. The van der Waals surface area contributed by atoms with Crippen LogP contribution in [0.1, 0.15) is 5.56 Å². The maximum atomic E-state index is 13.5. The summed E-state index contributed by atoms with van der Waals surface area (Å²) in [5.41, 5.74) is 2.85. The molecule has 0 atom stereocenters. The van der Waals surface area contributed by atoms with Gasteiger partial charge < -0.3 is 4.98 Å². The van der Waals surface area contributed by atoms with E-state index in [1.807, 2.05) is 18.2 Å². The SMILES string of the molecule is Cc1ccc(-c2nc3ncccc3[nH]2)cc1F. The van der Waals surface area contributed by atoms with Crippen molar-refractivity contribution in [2.24, 2.45) is 0 Å². The van der Waals surface area contributed by atoms with Crippen molar-refractivity contribution in [2.75, 3.05) is 0 Å². The topological polar surface area (TPSA) is 41.6 Å². The molecule has 1 aromatic carbocycles. The minimum atomic E-state index is -0.226. The van der Waals surface area contributed by atoms with Crippen LogP contribution in [0.15, 0.2) is 36.5 Å². The molecule has 2 aromatic heterocycles. The molecule has 0 spiro atoms. The molecule has 0 saturated heterocycles. The van der Waals surface area contributed by atoms with E-state index in [-0.39, 0.29) is 5.82 Å². The molecular weight excluding hydrogens is 217 g/mol. The number of imidazole rings is 1. The van der Waals surface area contributed by atoms with Gasteiger partial charge in [-0.05, 0) is 30.7 Å². The molecule has 0 amide bonds. The van der Waals surface area contributed by atoms with Gasteiger partial charge in [-0.15, -0.1) is 0 Å². The Balaban J connectivity index is 2.17. The lowest BCUT2D eigenvalue weighted by molar-refractivity contribution is 0.619. The predicted molar refractivity (Wildman–Crippen MR) is 64.0 cm³/mol. The largest absolute Gasteiger partial charge is 0.337 e. The van der Waals surface area contributed by atoms with Gasteiger partial charge in [-0.1, -0.05) is 12.1 Å². The number of aromatic amines is 1. The highest BCUT2D eigenvalue weighted by Gasteiger charge is 2.07. The highest BCUT2D eigenvalue weighted by Crippen LogP contribution is 2.21. The summed E-state index contributed by atoms with van der Waals surface area (Å²) in [7, 11) is 0. The summed E-state index contributed by atoms with van der Waals surface area (Å²) >= 11 is 0. The molecule has 0 aliphatic rings. The molecule has 0 fully saturated rings. The van der Waals surface area contributed by atoms with Gasteiger partial charge in [-0.3, -0.25) is 0 Å². The second-order valence-corrected chi connectivity index (χ2v) is 3.92. The molecule has 3 nitrogen and oxygen atoms in total. The molecule has 1 N–H and O–H groups in total. The lowest BCUT2D eigenvalue weighted by atomic mass is 10.1. The number of nitrogens with one attached hydrogen (secondary N) is 1. The number of benzene rings is 1. The fraction of sp³-hybridized carbons (Fsp3) is 0.0769. The summed E-state index contributed by atoms with van der Waals surface area (Å²) in [5.74, 6) is 0.411. The van der Waals surface area contributed by atoms with Gasteiger partial charge >= 0.3 is 0 Å². The molecule has 0 bridgehead atoms. The molecule has 0 radical (unpaired) electrons. The molecule has 84 valence electrons.